The van der Waals surface area contributed by atoms with Gasteiger partial charge >= 0.3 is 0 Å². The van der Waals surface area contributed by atoms with Gasteiger partial charge in [-0.3, -0.25) is 19.7 Å². The highest BCUT2D eigenvalue weighted by molar-refractivity contribution is 5.83. The molecule has 7 heteroatoms. The summed E-state index contributed by atoms with van der Waals surface area (Å²) < 4.78 is 0. The van der Waals surface area contributed by atoms with Gasteiger partial charge in [0.25, 0.3) is 5.69 Å². The average Bonchev–Trinajstić information content (AvgIpc) is 2.48. The molecule has 21 heavy (non-hydrogen) atoms. The van der Waals surface area contributed by atoms with Crippen molar-refractivity contribution in [3.8, 4) is 0 Å². The van der Waals surface area contributed by atoms with E-state index < -0.39 is 4.92 Å². The highest BCUT2D eigenvalue weighted by Crippen LogP contribution is 2.20. The Morgan fingerprint density at radius 1 is 1.52 bits per heavy atom. The Bertz CT molecular complexity index is 563. The average molecular weight is 291 g/mol. The monoisotopic (exact) mass is 291 g/mol. The van der Waals surface area contributed by atoms with Crippen LogP contribution in [0.15, 0.2) is 24.3 Å². The lowest BCUT2D eigenvalue weighted by Gasteiger charge is -2.23. The number of non-ortho nitro benzene ring substituents is 1. The second-order valence-electron chi connectivity index (χ2n) is 5.12. The molecule has 1 saturated heterocycles. The first-order chi connectivity index (χ1) is 9.97. The first-order valence-electron chi connectivity index (χ1n) is 6.79. The topological polar surface area (TPSA) is 101 Å². The maximum Gasteiger partial charge on any atom is 0.269 e. The molecule has 2 atom stereocenters. The number of benzene rings is 1. The third-order valence-electron chi connectivity index (χ3n) is 3.58. The van der Waals surface area contributed by atoms with Gasteiger partial charge in [0, 0.05) is 25.1 Å². The smallest absolute Gasteiger partial charge is 0.269 e. The molecular formula is C14H17N3O4. The molecule has 0 radical (unpaired) electrons. The minimum absolute atomic E-state index is 0.00136. The van der Waals surface area contributed by atoms with Crippen molar-refractivity contribution < 1.29 is 14.5 Å². The summed E-state index contributed by atoms with van der Waals surface area (Å²) in [5.41, 5.74) is 0.677. The highest BCUT2D eigenvalue weighted by Gasteiger charge is 2.25. The van der Waals surface area contributed by atoms with Crippen molar-refractivity contribution in [2.45, 2.75) is 25.8 Å². The van der Waals surface area contributed by atoms with Crippen LogP contribution in [0.4, 0.5) is 5.69 Å². The molecule has 0 aromatic heterocycles. The van der Waals surface area contributed by atoms with E-state index in [1.807, 2.05) is 0 Å². The molecular weight excluding hydrogens is 274 g/mol. The fraction of sp³-hybridized carbons (Fsp3) is 0.429. The molecule has 0 saturated carbocycles. The van der Waals surface area contributed by atoms with Crippen molar-refractivity contribution in [3.05, 3.63) is 39.9 Å². The van der Waals surface area contributed by atoms with Gasteiger partial charge in [-0.15, -0.1) is 0 Å². The number of carbonyl (C=O) groups excluding carboxylic acids is 2. The molecule has 2 rings (SSSR count). The zero-order chi connectivity index (χ0) is 15.4. The molecule has 0 spiro atoms. The van der Waals surface area contributed by atoms with Crippen LogP contribution >= 0.6 is 0 Å². The maximum absolute atomic E-state index is 12.1. The van der Waals surface area contributed by atoms with Crippen LogP contribution < -0.4 is 10.6 Å². The fourth-order valence-corrected chi connectivity index (χ4v) is 2.28. The summed E-state index contributed by atoms with van der Waals surface area (Å²) in [5.74, 6) is -0.427. The van der Waals surface area contributed by atoms with E-state index in [-0.39, 0.29) is 29.5 Å². The Morgan fingerprint density at radius 2 is 2.29 bits per heavy atom. The number of nitro groups is 1. The molecule has 1 aliphatic rings. The van der Waals surface area contributed by atoms with Crippen LogP contribution in [0.25, 0.3) is 0 Å². The van der Waals surface area contributed by atoms with Crippen LogP contribution in [-0.4, -0.2) is 23.3 Å². The molecule has 1 aromatic carbocycles. The molecule has 1 aromatic rings. The minimum Gasteiger partial charge on any atom is -0.355 e. The van der Waals surface area contributed by atoms with Gasteiger partial charge in [-0.1, -0.05) is 12.1 Å². The van der Waals surface area contributed by atoms with Gasteiger partial charge in [-0.2, -0.15) is 0 Å². The van der Waals surface area contributed by atoms with Gasteiger partial charge in [0.2, 0.25) is 11.8 Å². The summed E-state index contributed by atoms with van der Waals surface area (Å²) in [7, 11) is 0. The lowest BCUT2D eigenvalue weighted by Crippen LogP contribution is -2.43. The van der Waals surface area contributed by atoms with Crippen molar-refractivity contribution in [2.75, 3.05) is 6.54 Å². The Hall–Kier alpha value is -2.44. The Labute approximate surface area is 121 Å². The third kappa shape index (κ3) is 3.77. The van der Waals surface area contributed by atoms with Crippen molar-refractivity contribution >= 4 is 17.5 Å². The Morgan fingerprint density at radius 3 is 2.90 bits per heavy atom. The van der Waals surface area contributed by atoms with Crippen LogP contribution in [0.3, 0.4) is 0 Å². The number of hydrogen-bond donors (Lipinski definition) is 2. The second kappa shape index (κ2) is 6.34. The van der Waals surface area contributed by atoms with E-state index >= 15 is 0 Å². The van der Waals surface area contributed by atoms with Gasteiger partial charge in [-0.25, -0.2) is 0 Å². The number of piperidine rings is 1. The van der Waals surface area contributed by atoms with Crippen molar-refractivity contribution in [1.29, 1.82) is 0 Å². The van der Waals surface area contributed by atoms with Crippen molar-refractivity contribution in [1.82, 2.24) is 10.6 Å². The zero-order valence-electron chi connectivity index (χ0n) is 11.7. The molecule has 1 heterocycles. The SMILES string of the molecule is CC(NC(=O)C1CCC(=O)NC1)c1cccc([N+](=O)[O-])c1. The number of amides is 2. The van der Waals surface area contributed by atoms with E-state index in [1.54, 1.807) is 19.1 Å². The van der Waals surface area contributed by atoms with Crippen LogP contribution in [0.2, 0.25) is 0 Å². The fourth-order valence-electron chi connectivity index (χ4n) is 2.28. The van der Waals surface area contributed by atoms with E-state index in [9.17, 15) is 19.7 Å². The standard InChI is InChI=1S/C14H17N3O4/c1-9(10-3-2-4-12(7-10)17(20)21)16-14(19)11-5-6-13(18)15-8-11/h2-4,7,9,11H,5-6,8H2,1H3,(H,15,18)(H,16,19). The summed E-state index contributed by atoms with van der Waals surface area (Å²) in [6.07, 6.45) is 0.878. The zero-order valence-corrected chi connectivity index (χ0v) is 11.7. The predicted molar refractivity (Wildman–Crippen MR) is 75.4 cm³/mol. The lowest BCUT2D eigenvalue weighted by atomic mass is 9.97. The number of nitrogens with one attached hydrogen (secondary N) is 2. The quantitative estimate of drug-likeness (QED) is 0.644. The van der Waals surface area contributed by atoms with Crippen LogP contribution in [0, 0.1) is 16.0 Å². The van der Waals surface area contributed by atoms with Gasteiger partial charge in [-0.05, 0) is 18.9 Å². The molecule has 1 fully saturated rings. The summed E-state index contributed by atoms with van der Waals surface area (Å²) in [6, 6.07) is 5.87. The van der Waals surface area contributed by atoms with E-state index in [4.69, 9.17) is 0 Å². The van der Waals surface area contributed by atoms with Crippen LogP contribution in [0.5, 0.6) is 0 Å². The summed E-state index contributed by atoms with van der Waals surface area (Å²) in [4.78, 5) is 33.5. The van der Waals surface area contributed by atoms with E-state index in [2.05, 4.69) is 10.6 Å². The molecule has 112 valence electrons. The van der Waals surface area contributed by atoms with Crippen molar-refractivity contribution in [2.24, 2.45) is 5.92 Å². The number of carbonyl (C=O) groups is 2. The summed E-state index contributed by atoms with van der Waals surface area (Å²) in [5, 5.41) is 16.2. The van der Waals surface area contributed by atoms with E-state index in [0.717, 1.165) is 0 Å². The number of nitro benzene ring substituents is 1. The lowest BCUT2D eigenvalue weighted by molar-refractivity contribution is -0.384. The predicted octanol–water partition coefficient (Wildman–Crippen LogP) is 1.30. The van der Waals surface area contributed by atoms with Crippen molar-refractivity contribution in [3.63, 3.8) is 0 Å². The van der Waals surface area contributed by atoms with Gasteiger partial charge in [0.05, 0.1) is 16.9 Å². The molecule has 2 unspecified atom stereocenters. The molecule has 1 aliphatic heterocycles. The normalized spacial score (nSPS) is 19.5. The molecule has 2 N–H and O–H groups in total. The minimum atomic E-state index is -0.464. The largest absolute Gasteiger partial charge is 0.355 e. The van der Waals surface area contributed by atoms with E-state index in [1.165, 1.54) is 12.1 Å². The highest BCUT2D eigenvalue weighted by atomic mass is 16.6. The Kier molecular flexibility index (Phi) is 4.52. The molecule has 0 aliphatic carbocycles. The van der Waals surface area contributed by atoms with E-state index in [0.29, 0.717) is 24.9 Å². The second-order valence-corrected chi connectivity index (χ2v) is 5.12. The summed E-state index contributed by atoms with van der Waals surface area (Å²) in [6.45, 7) is 2.12. The van der Waals surface area contributed by atoms with Gasteiger partial charge in [0.1, 0.15) is 0 Å². The van der Waals surface area contributed by atoms with Gasteiger partial charge in [0.15, 0.2) is 0 Å². The first kappa shape index (κ1) is 15.0. The van der Waals surface area contributed by atoms with Crippen LogP contribution in [0.1, 0.15) is 31.4 Å². The first-order valence-corrected chi connectivity index (χ1v) is 6.79. The molecule has 7 nitrogen and oxygen atoms in total. The molecule has 2 amide bonds. The third-order valence-corrected chi connectivity index (χ3v) is 3.58. The Balaban J connectivity index is 1.99. The number of hydrogen-bond acceptors (Lipinski definition) is 4. The molecule has 0 bridgehead atoms. The number of nitrogens with zero attached hydrogens (tertiary/aromatic N) is 1. The number of rotatable bonds is 4. The van der Waals surface area contributed by atoms with Crippen LogP contribution in [-0.2, 0) is 9.59 Å². The van der Waals surface area contributed by atoms with Gasteiger partial charge < -0.3 is 10.6 Å². The maximum atomic E-state index is 12.1. The summed E-state index contributed by atoms with van der Waals surface area (Å²) >= 11 is 0.